The number of carboxylic acid groups (broad SMARTS) is 1. The van der Waals surface area contributed by atoms with Gasteiger partial charge < -0.3 is 27.1 Å². The van der Waals surface area contributed by atoms with Crippen molar-refractivity contribution in [2.24, 2.45) is 22.4 Å². The first-order chi connectivity index (χ1) is 18.1. The topological polar surface area (TPSA) is 222 Å². The molecule has 0 fully saturated rings. The number of amides is 1. The Bertz CT molecular complexity index is 1410. The second-order valence-corrected chi connectivity index (χ2v) is 11.1. The van der Waals surface area contributed by atoms with E-state index in [0.29, 0.717) is 5.69 Å². The number of carbonyl (C=O) groups excluding carboxylic acids is 1. The van der Waals surface area contributed by atoms with Crippen LogP contribution in [0.2, 0.25) is 0 Å². The van der Waals surface area contributed by atoms with Gasteiger partial charge in [-0.25, -0.2) is 13.2 Å². The number of pyridine rings is 1. The first-order valence-electron chi connectivity index (χ1n) is 11.3. The number of aliphatic carboxylic acids is 1. The lowest BCUT2D eigenvalue weighted by Gasteiger charge is -2.24. The zero-order valence-corrected chi connectivity index (χ0v) is 23.0. The Morgan fingerprint density at radius 2 is 1.55 bits per heavy atom. The summed E-state index contributed by atoms with van der Waals surface area (Å²) < 4.78 is 60.9. The van der Waals surface area contributed by atoms with Crippen molar-refractivity contribution in [2.75, 3.05) is 4.72 Å². The number of sulfonamides is 1. The molecule has 222 valence electrons. The summed E-state index contributed by atoms with van der Waals surface area (Å²) in [5, 5.41) is 10.5. The third-order valence-electron chi connectivity index (χ3n) is 5.18. The van der Waals surface area contributed by atoms with Gasteiger partial charge in [-0.1, -0.05) is 32.9 Å². The van der Waals surface area contributed by atoms with Crippen LogP contribution in [0.25, 0.3) is 0 Å². The average Bonchev–Trinajstić information content (AvgIpc) is 2.81. The molecule has 1 amide bonds. The van der Waals surface area contributed by atoms with Crippen LogP contribution in [0.5, 0.6) is 0 Å². The monoisotopic (exact) mass is 592 g/mol. The number of carbonyl (C=O) groups is 2. The van der Waals surface area contributed by atoms with E-state index in [-0.39, 0.29) is 22.0 Å². The fraction of sp³-hybridized carbons (Fsp3) is 0.391. The van der Waals surface area contributed by atoms with E-state index in [2.05, 4.69) is 9.88 Å². The molecule has 8 N–H and O–H groups in total. The minimum atomic E-state index is -5.08. The number of halogens is 3. The Labute approximate surface area is 227 Å². The van der Waals surface area contributed by atoms with Crippen molar-refractivity contribution >= 4 is 33.5 Å². The quantitative estimate of drug-likeness (QED) is 0.170. The molecule has 0 aliphatic rings. The van der Waals surface area contributed by atoms with Gasteiger partial charge in [0.05, 0.1) is 4.90 Å². The highest BCUT2D eigenvalue weighted by Gasteiger charge is 2.38. The van der Waals surface area contributed by atoms with Crippen LogP contribution in [-0.2, 0) is 29.9 Å². The van der Waals surface area contributed by atoms with Gasteiger partial charge in [-0.05, 0) is 54.2 Å². The number of aryl methyl sites for hydroxylation is 1. The van der Waals surface area contributed by atoms with Crippen molar-refractivity contribution in [1.82, 2.24) is 4.57 Å². The number of guanidine groups is 1. The summed E-state index contributed by atoms with van der Waals surface area (Å²) in [6.07, 6.45) is -6.11. The highest BCUT2D eigenvalue weighted by Crippen LogP contribution is 2.24. The first-order valence-corrected chi connectivity index (χ1v) is 12.8. The van der Waals surface area contributed by atoms with Crippen LogP contribution in [0, 0.1) is 6.92 Å². The molecule has 40 heavy (non-hydrogen) atoms. The number of carboxylic acids is 1. The van der Waals surface area contributed by atoms with Crippen LogP contribution in [0.3, 0.4) is 0 Å². The SMILES string of the molecule is Cc1ccc(NS(=O)(=O)c2ccc(C(C)(C)C)cc2)c(=O)n1C(C(N)=O)C(C)ON=C(N)N.O=C(O)C(F)(F)F. The highest BCUT2D eigenvalue weighted by atomic mass is 32.2. The molecule has 2 aromatic rings. The molecule has 0 aliphatic heterocycles. The lowest BCUT2D eigenvalue weighted by Crippen LogP contribution is -2.42. The number of aromatic nitrogens is 1. The summed E-state index contributed by atoms with van der Waals surface area (Å²) in [6, 6.07) is 7.85. The first kappa shape index (κ1) is 33.7. The van der Waals surface area contributed by atoms with Crippen molar-refractivity contribution in [3.63, 3.8) is 0 Å². The van der Waals surface area contributed by atoms with Crippen LogP contribution in [0.1, 0.15) is 45.0 Å². The van der Waals surface area contributed by atoms with E-state index in [1.807, 2.05) is 20.8 Å². The van der Waals surface area contributed by atoms with E-state index in [4.69, 9.17) is 31.9 Å². The molecule has 1 aromatic heterocycles. The van der Waals surface area contributed by atoms with Crippen molar-refractivity contribution in [1.29, 1.82) is 0 Å². The van der Waals surface area contributed by atoms with Gasteiger partial charge in [-0.3, -0.25) is 18.9 Å². The Morgan fingerprint density at radius 1 is 1.05 bits per heavy atom. The fourth-order valence-corrected chi connectivity index (χ4v) is 4.23. The van der Waals surface area contributed by atoms with Crippen LogP contribution in [0.15, 0.2) is 51.2 Å². The number of oxime groups is 1. The number of anilines is 1. The summed E-state index contributed by atoms with van der Waals surface area (Å²) in [7, 11) is -4.08. The molecular formula is C23H31F3N6O7S. The lowest BCUT2D eigenvalue weighted by atomic mass is 9.87. The number of hydrogen-bond donors (Lipinski definition) is 5. The number of hydrogen-bond acceptors (Lipinski definition) is 7. The number of benzene rings is 1. The zero-order chi connectivity index (χ0) is 31.2. The Morgan fingerprint density at radius 3 is 1.95 bits per heavy atom. The van der Waals surface area contributed by atoms with E-state index in [9.17, 15) is 31.2 Å². The Hall–Kier alpha value is -4.28. The lowest BCUT2D eigenvalue weighted by molar-refractivity contribution is -0.192. The van der Waals surface area contributed by atoms with Crippen molar-refractivity contribution < 1.29 is 41.1 Å². The maximum absolute atomic E-state index is 13.2. The van der Waals surface area contributed by atoms with Gasteiger partial charge >= 0.3 is 12.1 Å². The third-order valence-corrected chi connectivity index (χ3v) is 6.56. The van der Waals surface area contributed by atoms with Crippen molar-refractivity contribution in [3.05, 3.63) is 58.0 Å². The summed E-state index contributed by atoms with van der Waals surface area (Å²) in [5.41, 5.74) is 16.1. The highest BCUT2D eigenvalue weighted by molar-refractivity contribution is 7.92. The summed E-state index contributed by atoms with van der Waals surface area (Å²) in [4.78, 5) is 39.3. The molecule has 2 rings (SSSR count). The molecule has 0 spiro atoms. The molecule has 2 unspecified atom stereocenters. The van der Waals surface area contributed by atoms with Crippen LogP contribution >= 0.6 is 0 Å². The molecule has 1 heterocycles. The fourth-order valence-electron chi connectivity index (χ4n) is 3.18. The van der Waals surface area contributed by atoms with E-state index in [1.54, 1.807) is 19.1 Å². The number of nitrogens with zero attached hydrogens (tertiary/aromatic N) is 2. The van der Waals surface area contributed by atoms with Crippen molar-refractivity contribution in [2.45, 2.75) is 63.3 Å². The largest absolute Gasteiger partial charge is 0.490 e. The van der Waals surface area contributed by atoms with Gasteiger partial charge in [0.1, 0.15) is 5.69 Å². The van der Waals surface area contributed by atoms with E-state index < -0.39 is 45.8 Å². The normalized spacial score (nSPS) is 13.2. The van der Waals surface area contributed by atoms with Gasteiger partial charge in [-0.2, -0.15) is 13.2 Å². The molecule has 2 atom stereocenters. The number of alkyl halides is 3. The summed E-state index contributed by atoms with van der Waals surface area (Å²) in [6.45, 7) is 9.04. The minimum absolute atomic E-state index is 0.0158. The number of nitrogens with two attached hydrogens (primary N) is 3. The van der Waals surface area contributed by atoms with E-state index >= 15 is 0 Å². The molecule has 0 aliphatic carbocycles. The van der Waals surface area contributed by atoms with Gasteiger partial charge in [0, 0.05) is 5.69 Å². The minimum Gasteiger partial charge on any atom is -0.475 e. The summed E-state index contributed by atoms with van der Waals surface area (Å²) >= 11 is 0. The van der Waals surface area contributed by atoms with Crippen LogP contribution in [-0.4, -0.2) is 48.2 Å². The maximum atomic E-state index is 13.2. The Balaban J connectivity index is 0.00000101. The standard InChI is InChI=1S/C21H30N6O5S.C2HF3O2/c1-12-6-11-16(19(29)27(12)17(18(22)28)13(2)32-25-20(23)24)26-33(30,31)15-9-7-14(8-10-15)21(3,4)5;3-2(4,5)1(6)7/h6-11,13,17,26H,1-5H3,(H2,22,28)(H4,23,24,25);(H,6,7). The predicted octanol–water partition coefficient (Wildman–Crippen LogP) is 1.51. The maximum Gasteiger partial charge on any atom is 0.490 e. The van der Waals surface area contributed by atoms with E-state index in [0.717, 1.165) is 10.1 Å². The molecule has 17 heteroatoms. The van der Waals surface area contributed by atoms with Gasteiger partial charge in [0.2, 0.25) is 11.9 Å². The second-order valence-electron chi connectivity index (χ2n) is 9.42. The van der Waals surface area contributed by atoms with Gasteiger partial charge in [0.15, 0.2) is 12.1 Å². The molecular weight excluding hydrogens is 561 g/mol. The number of primary amides is 1. The number of nitrogens with one attached hydrogen (secondary N) is 1. The van der Waals surface area contributed by atoms with Crippen molar-refractivity contribution in [3.8, 4) is 0 Å². The van der Waals surface area contributed by atoms with E-state index in [1.165, 1.54) is 31.2 Å². The van der Waals surface area contributed by atoms with Crippen LogP contribution in [0.4, 0.5) is 18.9 Å². The second kappa shape index (κ2) is 12.7. The smallest absolute Gasteiger partial charge is 0.475 e. The van der Waals surface area contributed by atoms with Gasteiger partial charge in [0.25, 0.3) is 15.6 Å². The molecule has 0 radical (unpaired) electrons. The zero-order valence-electron chi connectivity index (χ0n) is 22.2. The number of rotatable bonds is 8. The predicted molar refractivity (Wildman–Crippen MR) is 140 cm³/mol. The Kier molecular flexibility index (Phi) is 10.7. The van der Waals surface area contributed by atoms with Crippen LogP contribution < -0.4 is 27.5 Å². The molecule has 0 saturated carbocycles. The molecule has 1 aromatic carbocycles. The molecule has 0 bridgehead atoms. The average molecular weight is 593 g/mol. The van der Waals surface area contributed by atoms with Gasteiger partial charge in [-0.15, -0.1) is 0 Å². The molecule has 0 saturated heterocycles. The third kappa shape index (κ3) is 9.18. The molecule has 13 nitrogen and oxygen atoms in total. The summed E-state index contributed by atoms with van der Waals surface area (Å²) in [5.74, 6) is -4.03.